The van der Waals surface area contributed by atoms with Crippen LogP contribution in [0.5, 0.6) is 0 Å². The molecule has 4 nitrogen and oxygen atoms in total. The maximum Gasteiger partial charge on any atom is 0.223 e. The lowest BCUT2D eigenvalue weighted by molar-refractivity contribution is -0.128. The molecule has 2 aliphatic heterocycles. The van der Waals surface area contributed by atoms with E-state index in [0.29, 0.717) is 12.0 Å². The zero-order valence-corrected chi connectivity index (χ0v) is 14.1. The predicted octanol–water partition coefficient (Wildman–Crippen LogP) is 2.43. The normalized spacial score (nSPS) is 31.1. The summed E-state index contributed by atoms with van der Waals surface area (Å²) in [6.07, 6.45) is 8.47. The Bertz CT molecular complexity index is 364. The average molecular weight is 308 g/mol. The molecular formula is C18H32N2O2. The van der Waals surface area contributed by atoms with Crippen LogP contribution in [0.2, 0.25) is 0 Å². The van der Waals surface area contributed by atoms with Gasteiger partial charge in [0.1, 0.15) is 0 Å². The number of nitrogens with zero attached hydrogens (tertiary/aromatic N) is 1. The molecule has 3 fully saturated rings. The number of nitrogens with one attached hydrogen (secondary N) is 1. The summed E-state index contributed by atoms with van der Waals surface area (Å²) in [7, 11) is 0. The van der Waals surface area contributed by atoms with Gasteiger partial charge in [0.15, 0.2) is 0 Å². The van der Waals surface area contributed by atoms with E-state index in [9.17, 15) is 4.79 Å². The van der Waals surface area contributed by atoms with Crippen LogP contribution >= 0.6 is 0 Å². The van der Waals surface area contributed by atoms with E-state index in [1.807, 2.05) is 0 Å². The highest BCUT2D eigenvalue weighted by Gasteiger charge is 2.36. The molecular weight excluding hydrogens is 276 g/mol. The summed E-state index contributed by atoms with van der Waals surface area (Å²) in [6, 6.07) is 0.371. The van der Waals surface area contributed by atoms with Gasteiger partial charge in [0.25, 0.3) is 0 Å². The number of amides is 1. The van der Waals surface area contributed by atoms with Crippen LogP contribution in [0.3, 0.4) is 0 Å². The van der Waals surface area contributed by atoms with Crippen LogP contribution in [0.25, 0.3) is 0 Å². The Morgan fingerprint density at radius 1 is 1.18 bits per heavy atom. The number of hydrogen-bond donors (Lipinski definition) is 1. The molecule has 0 bridgehead atoms. The molecule has 2 atom stereocenters. The Kier molecular flexibility index (Phi) is 5.75. The summed E-state index contributed by atoms with van der Waals surface area (Å²) in [6.45, 7) is 7.25. The molecule has 0 aromatic carbocycles. The SMILES string of the molecule is CCC[C@H]1CN(CC2CCC2)C[C@@H]1NC(=O)C1CCOCC1. The molecule has 126 valence electrons. The van der Waals surface area contributed by atoms with Crippen LogP contribution in [0.4, 0.5) is 0 Å². The molecule has 0 aromatic heterocycles. The van der Waals surface area contributed by atoms with Crippen LogP contribution < -0.4 is 5.32 Å². The van der Waals surface area contributed by atoms with Gasteiger partial charge in [0.05, 0.1) is 0 Å². The first-order valence-corrected chi connectivity index (χ1v) is 9.36. The second-order valence-electron chi connectivity index (χ2n) is 7.57. The van der Waals surface area contributed by atoms with E-state index < -0.39 is 0 Å². The minimum atomic E-state index is 0.178. The molecule has 1 amide bonds. The largest absolute Gasteiger partial charge is 0.381 e. The van der Waals surface area contributed by atoms with Gasteiger partial charge in [0.2, 0.25) is 5.91 Å². The zero-order chi connectivity index (χ0) is 15.4. The lowest BCUT2D eigenvalue weighted by Crippen LogP contribution is -2.44. The van der Waals surface area contributed by atoms with Gasteiger partial charge in [-0.2, -0.15) is 0 Å². The summed E-state index contributed by atoms with van der Waals surface area (Å²) in [5, 5.41) is 3.39. The fourth-order valence-electron chi connectivity index (χ4n) is 4.24. The number of ether oxygens (including phenoxy) is 1. The third kappa shape index (κ3) is 4.02. The first kappa shape index (κ1) is 16.3. The molecule has 22 heavy (non-hydrogen) atoms. The summed E-state index contributed by atoms with van der Waals surface area (Å²) in [5.74, 6) is 2.03. The fourth-order valence-corrected chi connectivity index (χ4v) is 4.24. The van der Waals surface area contributed by atoms with Crippen molar-refractivity contribution in [3.8, 4) is 0 Å². The van der Waals surface area contributed by atoms with Gasteiger partial charge in [-0.25, -0.2) is 0 Å². The Labute approximate surface area is 135 Å². The molecule has 0 aromatic rings. The lowest BCUT2D eigenvalue weighted by Gasteiger charge is -2.30. The summed E-state index contributed by atoms with van der Waals surface area (Å²) in [4.78, 5) is 15.1. The maximum absolute atomic E-state index is 12.5. The van der Waals surface area contributed by atoms with Crippen molar-refractivity contribution in [2.24, 2.45) is 17.8 Å². The first-order chi connectivity index (χ1) is 10.8. The minimum Gasteiger partial charge on any atom is -0.381 e. The monoisotopic (exact) mass is 308 g/mol. The molecule has 2 saturated heterocycles. The molecule has 2 heterocycles. The van der Waals surface area contributed by atoms with E-state index in [0.717, 1.165) is 38.5 Å². The summed E-state index contributed by atoms with van der Waals surface area (Å²) < 4.78 is 5.37. The summed E-state index contributed by atoms with van der Waals surface area (Å²) in [5.41, 5.74) is 0. The third-order valence-corrected chi connectivity index (χ3v) is 5.84. The van der Waals surface area contributed by atoms with Gasteiger partial charge >= 0.3 is 0 Å². The molecule has 0 radical (unpaired) electrons. The van der Waals surface area contributed by atoms with Crippen molar-refractivity contribution in [1.29, 1.82) is 0 Å². The van der Waals surface area contributed by atoms with Crippen LogP contribution in [0, 0.1) is 17.8 Å². The Hall–Kier alpha value is -0.610. The second kappa shape index (κ2) is 7.78. The molecule has 1 saturated carbocycles. The number of carbonyl (C=O) groups excluding carboxylic acids is 1. The van der Waals surface area contributed by atoms with Gasteiger partial charge in [-0.1, -0.05) is 19.8 Å². The minimum absolute atomic E-state index is 0.178. The van der Waals surface area contributed by atoms with E-state index in [2.05, 4.69) is 17.1 Å². The van der Waals surface area contributed by atoms with Crippen molar-refractivity contribution >= 4 is 5.91 Å². The van der Waals surface area contributed by atoms with Crippen LogP contribution in [-0.2, 0) is 9.53 Å². The predicted molar refractivity (Wildman–Crippen MR) is 87.7 cm³/mol. The number of likely N-dealkylation sites (tertiary alicyclic amines) is 1. The highest BCUT2D eigenvalue weighted by Crippen LogP contribution is 2.30. The van der Waals surface area contributed by atoms with Crippen molar-refractivity contribution in [3.63, 3.8) is 0 Å². The smallest absolute Gasteiger partial charge is 0.223 e. The lowest BCUT2D eigenvalue weighted by atomic mass is 9.85. The maximum atomic E-state index is 12.5. The van der Waals surface area contributed by atoms with E-state index in [1.165, 1.54) is 45.2 Å². The van der Waals surface area contributed by atoms with Crippen molar-refractivity contribution in [2.75, 3.05) is 32.8 Å². The number of hydrogen-bond acceptors (Lipinski definition) is 3. The quantitative estimate of drug-likeness (QED) is 0.819. The van der Waals surface area contributed by atoms with E-state index in [1.54, 1.807) is 0 Å². The highest BCUT2D eigenvalue weighted by molar-refractivity contribution is 5.79. The molecule has 0 spiro atoms. The average Bonchev–Trinajstić information content (AvgIpc) is 2.86. The third-order valence-electron chi connectivity index (χ3n) is 5.84. The molecule has 3 rings (SSSR count). The van der Waals surface area contributed by atoms with Gasteiger partial charge < -0.3 is 15.0 Å². The Balaban J connectivity index is 1.51. The first-order valence-electron chi connectivity index (χ1n) is 9.36. The molecule has 3 aliphatic rings. The van der Waals surface area contributed by atoms with Crippen LogP contribution in [-0.4, -0.2) is 49.7 Å². The number of carbonyl (C=O) groups is 1. The standard InChI is InChI=1S/C18H32N2O2/c1-2-4-16-12-20(11-14-5-3-6-14)13-17(16)19-18(21)15-7-9-22-10-8-15/h14-17H,2-13H2,1H3,(H,19,21)/t16-,17-/m0/s1. The van der Waals surface area contributed by atoms with Gasteiger partial charge in [-0.3, -0.25) is 4.79 Å². The Morgan fingerprint density at radius 3 is 2.59 bits per heavy atom. The van der Waals surface area contributed by atoms with Crippen LogP contribution in [0.15, 0.2) is 0 Å². The zero-order valence-electron chi connectivity index (χ0n) is 14.1. The van der Waals surface area contributed by atoms with Crippen molar-refractivity contribution in [3.05, 3.63) is 0 Å². The summed E-state index contributed by atoms with van der Waals surface area (Å²) >= 11 is 0. The van der Waals surface area contributed by atoms with Crippen molar-refractivity contribution in [1.82, 2.24) is 10.2 Å². The van der Waals surface area contributed by atoms with Gasteiger partial charge in [-0.05, 0) is 43.9 Å². The van der Waals surface area contributed by atoms with Gasteiger partial charge in [-0.15, -0.1) is 0 Å². The fraction of sp³-hybridized carbons (Fsp3) is 0.944. The molecule has 4 heteroatoms. The van der Waals surface area contributed by atoms with Crippen LogP contribution in [0.1, 0.15) is 51.9 Å². The van der Waals surface area contributed by atoms with E-state index in [-0.39, 0.29) is 11.8 Å². The van der Waals surface area contributed by atoms with Crippen molar-refractivity contribution < 1.29 is 9.53 Å². The number of rotatable bonds is 6. The second-order valence-corrected chi connectivity index (χ2v) is 7.57. The van der Waals surface area contributed by atoms with E-state index in [4.69, 9.17) is 4.74 Å². The Morgan fingerprint density at radius 2 is 1.95 bits per heavy atom. The van der Waals surface area contributed by atoms with Crippen molar-refractivity contribution in [2.45, 2.75) is 57.9 Å². The molecule has 0 unspecified atom stereocenters. The highest BCUT2D eigenvalue weighted by atomic mass is 16.5. The van der Waals surface area contributed by atoms with Gasteiger partial charge in [0, 0.05) is 44.8 Å². The van der Waals surface area contributed by atoms with E-state index >= 15 is 0 Å². The molecule has 1 aliphatic carbocycles. The molecule has 1 N–H and O–H groups in total. The topological polar surface area (TPSA) is 41.6 Å².